The molecule has 0 saturated carbocycles. The van der Waals surface area contributed by atoms with Crippen LogP contribution in [0.3, 0.4) is 0 Å². The predicted octanol–water partition coefficient (Wildman–Crippen LogP) is 3.82. The lowest BCUT2D eigenvalue weighted by molar-refractivity contribution is -0.111. The van der Waals surface area contributed by atoms with Crippen molar-refractivity contribution in [3.8, 4) is 11.3 Å². The van der Waals surface area contributed by atoms with Crippen LogP contribution in [-0.2, 0) is 4.79 Å². The lowest BCUT2D eigenvalue weighted by atomic mass is 10.2. The SMILES string of the molecule is CCCC(=O)SCCCCCCNC(=O)c1cc(-c2cccnc2)n[nH]1. The van der Waals surface area contributed by atoms with Gasteiger partial charge in [0.1, 0.15) is 5.69 Å². The zero-order chi connectivity index (χ0) is 18.6. The van der Waals surface area contributed by atoms with Crippen molar-refractivity contribution >= 4 is 22.8 Å². The van der Waals surface area contributed by atoms with Crippen LogP contribution in [0.25, 0.3) is 11.3 Å². The molecule has 0 atom stereocenters. The van der Waals surface area contributed by atoms with Crippen LogP contribution >= 0.6 is 11.8 Å². The van der Waals surface area contributed by atoms with Crippen molar-refractivity contribution in [1.29, 1.82) is 0 Å². The maximum absolute atomic E-state index is 12.1. The van der Waals surface area contributed by atoms with Crippen LogP contribution in [0.5, 0.6) is 0 Å². The van der Waals surface area contributed by atoms with E-state index in [0.29, 0.717) is 29.5 Å². The molecule has 0 spiro atoms. The van der Waals surface area contributed by atoms with E-state index < -0.39 is 0 Å². The number of H-pyrrole nitrogens is 1. The van der Waals surface area contributed by atoms with Gasteiger partial charge >= 0.3 is 0 Å². The molecule has 0 aliphatic rings. The Morgan fingerprint density at radius 3 is 2.85 bits per heavy atom. The molecular weight excluding hydrogens is 348 g/mol. The summed E-state index contributed by atoms with van der Waals surface area (Å²) in [7, 11) is 0. The number of hydrogen-bond acceptors (Lipinski definition) is 5. The van der Waals surface area contributed by atoms with Crippen LogP contribution in [0, 0.1) is 0 Å². The Hall–Kier alpha value is -2.15. The van der Waals surface area contributed by atoms with Gasteiger partial charge in [-0.05, 0) is 37.5 Å². The molecule has 2 rings (SSSR count). The third-order valence-corrected chi connectivity index (χ3v) is 4.87. The highest BCUT2D eigenvalue weighted by molar-refractivity contribution is 8.13. The van der Waals surface area contributed by atoms with Gasteiger partial charge in [0.2, 0.25) is 0 Å². The molecule has 0 unspecified atom stereocenters. The van der Waals surface area contributed by atoms with Gasteiger partial charge in [0.15, 0.2) is 5.12 Å². The molecule has 0 saturated heterocycles. The normalized spacial score (nSPS) is 10.7. The van der Waals surface area contributed by atoms with Crippen LogP contribution < -0.4 is 5.32 Å². The van der Waals surface area contributed by atoms with Gasteiger partial charge in [0.25, 0.3) is 5.91 Å². The fourth-order valence-electron chi connectivity index (χ4n) is 2.44. The smallest absolute Gasteiger partial charge is 0.269 e. The van der Waals surface area contributed by atoms with Crippen LogP contribution in [0.4, 0.5) is 0 Å². The summed E-state index contributed by atoms with van der Waals surface area (Å²) in [5.74, 6) is 0.754. The second-order valence-electron chi connectivity index (χ2n) is 6.05. The van der Waals surface area contributed by atoms with Gasteiger partial charge in [-0.3, -0.25) is 19.7 Å². The van der Waals surface area contributed by atoms with E-state index in [-0.39, 0.29) is 5.91 Å². The van der Waals surface area contributed by atoms with Crippen molar-refractivity contribution < 1.29 is 9.59 Å². The number of aromatic amines is 1. The predicted molar refractivity (Wildman–Crippen MR) is 105 cm³/mol. The van der Waals surface area contributed by atoms with Crippen LogP contribution in [0.15, 0.2) is 30.6 Å². The Bertz CT molecular complexity index is 688. The highest BCUT2D eigenvalue weighted by Gasteiger charge is 2.10. The number of rotatable bonds is 11. The maximum atomic E-state index is 12.1. The molecule has 0 aliphatic carbocycles. The summed E-state index contributed by atoms with van der Waals surface area (Å²) in [5.41, 5.74) is 2.03. The molecule has 0 aromatic carbocycles. The quantitative estimate of drug-likeness (QED) is 0.584. The van der Waals surface area contributed by atoms with Crippen molar-refractivity contribution in [2.75, 3.05) is 12.3 Å². The van der Waals surface area contributed by atoms with Crippen LogP contribution in [-0.4, -0.2) is 38.5 Å². The van der Waals surface area contributed by atoms with Gasteiger partial charge < -0.3 is 5.32 Å². The van der Waals surface area contributed by atoms with Crippen LogP contribution in [0.1, 0.15) is 55.9 Å². The number of amides is 1. The molecule has 6 nitrogen and oxygen atoms in total. The number of hydrogen-bond donors (Lipinski definition) is 2. The molecular formula is C19H26N4O2S. The average molecular weight is 375 g/mol. The highest BCUT2D eigenvalue weighted by Crippen LogP contribution is 2.16. The van der Waals surface area contributed by atoms with E-state index in [2.05, 4.69) is 20.5 Å². The average Bonchev–Trinajstić information content (AvgIpc) is 3.15. The Balaban J connectivity index is 1.58. The molecule has 26 heavy (non-hydrogen) atoms. The molecule has 2 aromatic heterocycles. The third-order valence-electron chi connectivity index (χ3n) is 3.85. The molecule has 0 aliphatic heterocycles. The monoisotopic (exact) mass is 374 g/mol. The van der Waals surface area contributed by atoms with Gasteiger partial charge in [0, 0.05) is 36.7 Å². The molecule has 2 heterocycles. The molecule has 0 fully saturated rings. The number of aromatic nitrogens is 3. The van der Waals surface area contributed by atoms with Gasteiger partial charge in [-0.1, -0.05) is 31.5 Å². The third kappa shape index (κ3) is 7.00. The number of unbranched alkanes of at least 4 members (excludes halogenated alkanes) is 3. The van der Waals surface area contributed by atoms with E-state index in [9.17, 15) is 9.59 Å². The number of pyridine rings is 1. The van der Waals surface area contributed by atoms with Gasteiger partial charge in [-0.25, -0.2) is 0 Å². The standard InChI is InChI=1S/C19H26N4O2S/c1-2-8-18(24)26-12-6-4-3-5-11-21-19(25)17-13-16(22-23-17)15-9-7-10-20-14-15/h7,9-10,13-14H,2-6,8,11-12H2,1H3,(H,21,25)(H,22,23). The number of carbonyl (C=O) groups is 2. The van der Waals surface area contributed by atoms with Crippen molar-refractivity contribution in [3.63, 3.8) is 0 Å². The number of thioether (sulfide) groups is 1. The van der Waals surface area contributed by atoms with Gasteiger partial charge in [-0.2, -0.15) is 5.10 Å². The summed E-state index contributed by atoms with van der Waals surface area (Å²) < 4.78 is 0. The molecule has 0 bridgehead atoms. The highest BCUT2D eigenvalue weighted by atomic mass is 32.2. The first-order valence-corrected chi connectivity index (χ1v) is 10.1. The topological polar surface area (TPSA) is 87.7 Å². The Morgan fingerprint density at radius 2 is 2.08 bits per heavy atom. The minimum Gasteiger partial charge on any atom is -0.351 e. The van der Waals surface area contributed by atoms with E-state index in [0.717, 1.165) is 43.4 Å². The zero-order valence-corrected chi connectivity index (χ0v) is 16.0. The van der Waals surface area contributed by atoms with E-state index in [1.807, 2.05) is 19.1 Å². The minimum absolute atomic E-state index is 0.145. The lowest BCUT2D eigenvalue weighted by Gasteiger charge is -2.04. The molecule has 2 aromatic rings. The second-order valence-corrected chi connectivity index (χ2v) is 7.20. The Labute approximate surface area is 158 Å². The van der Waals surface area contributed by atoms with E-state index in [4.69, 9.17) is 0 Å². The fraction of sp³-hybridized carbons (Fsp3) is 0.474. The summed E-state index contributed by atoms with van der Waals surface area (Å²) in [4.78, 5) is 27.6. The molecule has 140 valence electrons. The fourth-order valence-corrected chi connectivity index (χ4v) is 3.36. The Kier molecular flexibility index (Phi) is 8.89. The van der Waals surface area contributed by atoms with Crippen molar-refractivity contribution in [1.82, 2.24) is 20.5 Å². The van der Waals surface area contributed by atoms with Crippen molar-refractivity contribution in [2.24, 2.45) is 0 Å². The zero-order valence-electron chi connectivity index (χ0n) is 15.2. The van der Waals surface area contributed by atoms with Crippen LogP contribution in [0.2, 0.25) is 0 Å². The van der Waals surface area contributed by atoms with Gasteiger partial charge in [-0.15, -0.1) is 0 Å². The summed E-state index contributed by atoms with van der Waals surface area (Å²) in [6, 6.07) is 5.47. The first kappa shape index (κ1) is 20.2. The van der Waals surface area contributed by atoms with E-state index in [1.54, 1.807) is 18.5 Å². The first-order chi connectivity index (χ1) is 12.7. The largest absolute Gasteiger partial charge is 0.351 e. The second kappa shape index (κ2) is 11.5. The summed E-state index contributed by atoms with van der Waals surface area (Å²) >= 11 is 1.44. The first-order valence-electron chi connectivity index (χ1n) is 9.10. The number of carbonyl (C=O) groups excluding carboxylic acids is 2. The van der Waals surface area contributed by atoms with E-state index in [1.165, 1.54) is 11.8 Å². The molecule has 1 amide bonds. The van der Waals surface area contributed by atoms with Gasteiger partial charge in [0.05, 0.1) is 5.69 Å². The lowest BCUT2D eigenvalue weighted by Crippen LogP contribution is -2.24. The summed E-state index contributed by atoms with van der Waals surface area (Å²) in [6.45, 7) is 2.66. The number of nitrogens with one attached hydrogen (secondary N) is 2. The maximum Gasteiger partial charge on any atom is 0.269 e. The molecule has 7 heteroatoms. The molecule has 0 radical (unpaired) electrons. The summed E-state index contributed by atoms with van der Waals surface area (Å²) in [5, 5.41) is 10.1. The van der Waals surface area contributed by atoms with E-state index >= 15 is 0 Å². The van der Waals surface area contributed by atoms with Crippen molar-refractivity contribution in [3.05, 3.63) is 36.3 Å². The molecule has 2 N–H and O–H groups in total. The summed E-state index contributed by atoms with van der Waals surface area (Å²) in [6.07, 6.45) is 9.12. The number of nitrogens with zero attached hydrogens (tertiary/aromatic N) is 2. The van der Waals surface area contributed by atoms with Crippen molar-refractivity contribution in [2.45, 2.75) is 45.4 Å². The Morgan fingerprint density at radius 1 is 1.23 bits per heavy atom. The minimum atomic E-state index is -0.145.